The Morgan fingerprint density at radius 2 is 2.13 bits per heavy atom. The van der Waals surface area contributed by atoms with Gasteiger partial charge >= 0.3 is 5.97 Å². The van der Waals surface area contributed by atoms with Gasteiger partial charge in [-0.05, 0) is 30.1 Å². The van der Waals surface area contributed by atoms with Crippen LogP contribution in [0, 0.1) is 6.92 Å². The molecule has 1 aromatic carbocycles. The van der Waals surface area contributed by atoms with E-state index in [1.807, 2.05) is 24.3 Å². The van der Waals surface area contributed by atoms with Crippen molar-refractivity contribution in [3.63, 3.8) is 0 Å². The molecule has 1 aliphatic rings. The molecule has 0 N–H and O–H groups in total. The van der Waals surface area contributed by atoms with Crippen LogP contribution in [0.1, 0.15) is 11.3 Å². The maximum absolute atomic E-state index is 12.2. The second kappa shape index (κ2) is 6.51. The van der Waals surface area contributed by atoms with Crippen molar-refractivity contribution in [2.75, 3.05) is 24.7 Å². The number of rotatable bonds is 5. The van der Waals surface area contributed by atoms with Gasteiger partial charge in [0.2, 0.25) is 0 Å². The molecule has 1 amide bonds. The van der Waals surface area contributed by atoms with Gasteiger partial charge in [0.1, 0.15) is 5.76 Å². The monoisotopic (exact) mass is 316 g/mol. The van der Waals surface area contributed by atoms with Crippen LogP contribution in [0.4, 0.5) is 5.69 Å². The van der Waals surface area contributed by atoms with E-state index in [4.69, 9.17) is 14.0 Å². The fraction of sp³-hybridized carbons (Fsp3) is 0.312. The van der Waals surface area contributed by atoms with Gasteiger partial charge in [-0.3, -0.25) is 4.79 Å². The number of ether oxygens (including phenoxy) is 2. The lowest BCUT2D eigenvalue weighted by molar-refractivity contribution is -0.149. The SMILES string of the molecule is Cc1cc(OCC(=O)OCC(=O)N2CCc3ccccc32)no1. The van der Waals surface area contributed by atoms with Gasteiger partial charge in [0.15, 0.2) is 13.2 Å². The van der Waals surface area contributed by atoms with E-state index >= 15 is 0 Å². The summed E-state index contributed by atoms with van der Waals surface area (Å²) in [6.07, 6.45) is 0.810. The summed E-state index contributed by atoms with van der Waals surface area (Å²) in [6, 6.07) is 9.25. The third-order valence-corrected chi connectivity index (χ3v) is 3.49. The van der Waals surface area contributed by atoms with Crippen LogP contribution >= 0.6 is 0 Å². The van der Waals surface area contributed by atoms with E-state index < -0.39 is 5.97 Å². The molecule has 0 saturated heterocycles. The Balaban J connectivity index is 1.47. The largest absolute Gasteiger partial charge is 0.463 e. The minimum atomic E-state index is -0.633. The average Bonchev–Trinajstić information content (AvgIpc) is 3.16. The lowest BCUT2D eigenvalue weighted by atomic mass is 10.2. The lowest BCUT2D eigenvalue weighted by Crippen LogP contribution is -2.33. The molecule has 2 aromatic rings. The Hall–Kier alpha value is -2.83. The molecule has 0 spiro atoms. The van der Waals surface area contributed by atoms with Crippen molar-refractivity contribution in [1.29, 1.82) is 0 Å². The highest BCUT2D eigenvalue weighted by Gasteiger charge is 2.24. The van der Waals surface area contributed by atoms with Crippen LogP contribution in [0.5, 0.6) is 5.88 Å². The van der Waals surface area contributed by atoms with Gasteiger partial charge in [0, 0.05) is 18.3 Å². The Labute approximate surface area is 132 Å². The van der Waals surface area contributed by atoms with Gasteiger partial charge < -0.3 is 18.9 Å². The number of aryl methyl sites for hydroxylation is 1. The van der Waals surface area contributed by atoms with E-state index in [0.717, 1.165) is 17.7 Å². The minimum absolute atomic E-state index is 0.208. The molecule has 0 fully saturated rings. The average molecular weight is 316 g/mol. The number of fused-ring (bicyclic) bond motifs is 1. The minimum Gasteiger partial charge on any atom is -0.463 e. The number of carbonyl (C=O) groups excluding carboxylic acids is 2. The first-order chi connectivity index (χ1) is 11.1. The summed E-state index contributed by atoms with van der Waals surface area (Å²) in [5.74, 6) is -0.0949. The van der Waals surface area contributed by atoms with Crippen LogP contribution in [0.15, 0.2) is 34.9 Å². The summed E-state index contributed by atoms with van der Waals surface area (Å²) in [5.41, 5.74) is 2.00. The second-order valence-electron chi connectivity index (χ2n) is 5.15. The standard InChI is InChI=1S/C16H16N2O5/c1-11-8-14(17-23-11)21-10-16(20)22-9-15(19)18-7-6-12-4-2-3-5-13(12)18/h2-5,8H,6-7,9-10H2,1H3. The molecule has 0 aliphatic carbocycles. The van der Waals surface area contributed by atoms with Crippen LogP contribution in [-0.4, -0.2) is 36.8 Å². The molecule has 0 atom stereocenters. The molecular weight excluding hydrogens is 300 g/mol. The van der Waals surface area contributed by atoms with Gasteiger partial charge in [-0.15, -0.1) is 0 Å². The predicted octanol–water partition coefficient (Wildman–Crippen LogP) is 1.49. The molecule has 0 unspecified atom stereocenters. The molecule has 120 valence electrons. The maximum atomic E-state index is 12.2. The van der Waals surface area contributed by atoms with Crippen molar-refractivity contribution in [2.24, 2.45) is 0 Å². The van der Waals surface area contributed by atoms with E-state index in [1.165, 1.54) is 0 Å². The molecule has 0 bridgehead atoms. The number of hydrogen-bond acceptors (Lipinski definition) is 6. The zero-order chi connectivity index (χ0) is 16.2. The van der Waals surface area contributed by atoms with Gasteiger partial charge in [-0.1, -0.05) is 18.2 Å². The Morgan fingerprint density at radius 1 is 1.30 bits per heavy atom. The highest BCUT2D eigenvalue weighted by molar-refractivity contribution is 5.97. The quantitative estimate of drug-likeness (QED) is 0.777. The number of carbonyl (C=O) groups is 2. The smallest absolute Gasteiger partial charge is 0.344 e. The van der Waals surface area contributed by atoms with Crippen molar-refractivity contribution in [3.05, 3.63) is 41.7 Å². The van der Waals surface area contributed by atoms with Crippen LogP contribution in [0.25, 0.3) is 0 Å². The van der Waals surface area contributed by atoms with E-state index in [1.54, 1.807) is 17.9 Å². The Bertz CT molecular complexity index is 725. The molecule has 0 radical (unpaired) electrons. The fourth-order valence-corrected chi connectivity index (χ4v) is 2.40. The van der Waals surface area contributed by atoms with Crippen molar-refractivity contribution >= 4 is 17.6 Å². The highest BCUT2D eigenvalue weighted by atomic mass is 16.6. The number of amides is 1. The molecule has 7 heteroatoms. The number of esters is 1. The summed E-state index contributed by atoms with van der Waals surface area (Å²) in [7, 11) is 0. The van der Waals surface area contributed by atoms with Crippen LogP contribution in [0.3, 0.4) is 0 Å². The molecule has 1 aliphatic heterocycles. The van der Waals surface area contributed by atoms with Gasteiger partial charge in [0.25, 0.3) is 11.8 Å². The first-order valence-corrected chi connectivity index (χ1v) is 7.23. The number of anilines is 1. The lowest BCUT2D eigenvalue weighted by Gasteiger charge is -2.17. The maximum Gasteiger partial charge on any atom is 0.344 e. The predicted molar refractivity (Wildman–Crippen MR) is 80.2 cm³/mol. The first-order valence-electron chi connectivity index (χ1n) is 7.23. The van der Waals surface area contributed by atoms with Gasteiger partial charge in [-0.25, -0.2) is 4.79 Å². The summed E-state index contributed by atoms with van der Waals surface area (Å²) in [4.78, 5) is 25.4. The molecule has 7 nitrogen and oxygen atoms in total. The highest BCUT2D eigenvalue weighted by Crippen LogP contribution is 2.27. The number of para-hydroxylation sites is 1. The third-order valence-electron chi connectivity index (χ3n) is 3.49. The van der Waals surface area contributed by atoms with Crippen molar-refractivity contribution in [2.45, 2.75) is 13.3 Å². The Morgan fingerprint density at radius 3 is 2.91 bits per heavy atom. The Kier molecular flexibility index (Phi) is 4.27. The van der Waals surface area contributed by atoms with Gasteiger partial charge in [0.05, 0.1) is 0 Å². The van der Waals surface area contributed by atoms with Crippen molar-refractivity contribution in [3.8, 4) is 5.88 Å². The summed E-state index contributed by atoms with van der Waals surface area (Å²) in [6.45, 7) is 1.68. The fourth-order valence-electron chi connectivity index (χ4n) is 2.40. The number of benzene rings is 1. The van der Waals surface area contributed by atoms with Crippen molar-refractivity contribution in [1.82, 2.24) is 5.16 Å². The first kappa shape index (κ1) is 15.1. The summed E-state index contributed by atoms with van der Waals surface area (Å²) >= 11 is 0. The number of hydrogen-bond donors (Lipinski definition) is 0. The molecule has 23 heavy (non-hydrogen) atoms. The van der Waals surface area contributed by atoms with Crippen LogP contribution in [-0.2, 0) is 20.7 Å². The third kappa shape index (κ3) is 3.50. The zero-order valence-corrected chi connectivity index (χ0v) is 12.7. The van der Waals surface area contributed by atoms with Crippen LogP contribution in [0.2, 0.25) is 0 Å². The van der Waals surface area contributed by atoms with Crippen molar-refractivity contribution < 1.29 is 23.6 Å². The second-order valence-corrected chi connectivity index (χ2v) is 5.15. The van der Waals surface area contributed by atoms with E-state index in [2.05, 4.69) is 5.16 Å². The molecule has 1 aromatic heterocycles. The summed E-state index contributed by atoms with van der Waals surface area (Å²) < 4.78 is 14.9. The van der Waals surface area contributed by atoms with E-state index in [0.29, 0.717) is 12.3 Å². The molecule has 3 rings (SSSR count). The summed E-state index contributed by atoms with van der Waals surface area (Å²) in [5, 5.41) is 3.59. The van der Waals surface area contributed by atoms with Crippen LogP contribution < -0.4 is 9.64 Å². The molecule has 2 heterocycles. The molecular formula is C16H16N2O5. The normalized spacial score (nSPS) is 12.8. The topological polar surface area (TPSA) is 81.9 Å². The molecule has 0 saturated carbocycles. The van der Waals surface area contributed by atoms with E-state index in [-0.39, 0.29) is 25.0 Å². The zero-order valence-electron chi connectivity index (χ0n) is 12.7. The van der Waals surface area contributed by atoms with E-state index in [9.17, 15) is 9.59 Å². The van der Waals surface area contributed by atoms with Gasteiger partial charge in [-0.2, -0.15) is 0 Å². The number of aromatic nitrogens is 1. The number of nitrogens with zero attached hydrogens (tertiary/aromatic N) is 2.